The smallest absolute Gasteiger partial charge is 0.204 e. The van der Waals surface area contributed by atoms with E-state index in [4.69, 9.17) is 7.12 Å². The van der Waals surface area contributed by atoms with Crippen molar-refractivity contribution < 1.29 is 2.51 Å². The average Bonchev–Trinajstić information content (AvgIpc) is 1.37. The van der Waals surface area contributed by atoms with Crippen molar-refractivity contribution in [1.82, 2.24) is 0 Å². The summed E-state index contributed by atoms with van der Waals surface area (Å²) in [7, 11) is 4.71. The maximum Gasteiger partial charge on any atom is 0.204 e. The third-order valence-corrected chi connectivity index (χ3v) is 0.732. The molecule has 0 aromatic heterocycles. The van der Waals surface area contributed by atoms with Crippen LogP contribution in [0.1, 0.15) is 0 Å². The summed E-state index contributed by atoms with van der Waals surface area (Å²) in [6.07, 6.45) is 0. The first-order valence-electron chi connectivity index (χ1n) is 0.557. The molecule has 0 atom stereocenters. The molecule has 0 aliphatic heterocycles. The highest BCUT2D eigenvalue weighted by Gasteiger charge is 1.56. The molecule has 0 aromatic rings. The van der Waals surface area contributed by atoms with Crippen molar-refractivity contribution in [2.75, 3.05) is 0 Å². The number of hydrogen-bond donors (Lipinski definition) is 0. The minimum Gasteiger partial charge on any atom is -0.261 e. The fraction of sp³-hybridized carbons (Fsp3) is 0. The Balaban J connectivity index is 1.97. The lowest BCUT2D eigenvalue weighted by molar-refractivity contribution is 0.856. The Morgan fingerprint density at radius 1 is 2.00 bits per heavy atom. The van der Waals surface area contributed by atoms with Crippen LogP contribution in [0.3, 0.4) is 0 Å². The summed E-state index contributed by atoms with van der Waals surface area (Å²) in [5.74, 6) is 0. The highest BCUT2D eigenvalue weighted by molar-refractivity contribution is 14.1. The molecule has 0 aliphatic carbocycles. The van der Waals surface area contributed by atoms with Gasteiger partial charge in [0.25, 0.3) is 0 Å². The van der Waals surface area contributed by atoms with Gasteiger partial charge < -0.3 is 0 Å². The summed E-state index contributed by atoms with van der Waals surface area (Å²) in [5, 5.41) is 0. The van der Waals surface area contributed by atoms with Gasteiger partial charge in [-0.15, -0.1) is 0 Å². The van der Waals surface area contributed by atoms with Crippen molar-refractivity contribution in [2.45, 2.75) is 0 Å². The standard InChI is InChI=1S/BIOS/c1-4-3-2. The minimum absolute atomic E-state index is 0.843. The van der Waals surface area contributed by atoms with Crippen LogP contribution in [0.2, 0.25) is 0 Å². The molecule has 0 heterocycles. The van der Waals surface area contributed by atoms with Gasteiger partial charge in [0.05, 0.1) is 0 Å². The summed E-state index contributed by atoms with van der Waals surface area (Å²) >= 11 is 2.53. The highest BCUT2D eigenvalue weighted by Crippen LogP contribution is 1.97. The van der Waals surface area contributed by atoms with E-state index in [-0.39, 0.29) is 0 Å². The summed E-state index contributed by atoms with van der Waals surface area (Å²) in [6.45, 7) is 0. The summed E-state index contributed by atoms with van der Waals surface area (Å²) in [4.78, 5) is 0. The van der Waals surface area contributed by atoms with E-state index >= 15 is 0 Å². The maximum atomic E-state index is 4.71. The van der Waals surface area contributed by atoms with E-state index < -0.39 is 0 Å². The van der Waals surface area contributed by atoms with E-state index in [2.05, 4.69) is 2.51 Å². The average molecular weight is 186 g/mol. The summed E-state index contributed by atoms with van der Waals surface area (Å²) in [5.41, 5.74) is 0. The molecule has 4 heavy (non-hydrogen) atoms. The Kier molecular flexibility index (Phi) is 5.24. The van der Waals surface area contributed by atoms with Gasteiger partial charge in [-0.3, -0.25) is 2.51 Å². The molecule has 0 bridgehead atoms. The van der Waals surface area contributed by atoms with Gasteiger partial charge in [0.2, 0.25) is 7.12 Å². The third kappa shape index (κ3) is 3.10. The van der Waals surface area contributed by atoms with Crippen molar-refractivity contribution in [3.8, 4) is 0 Å². The van der Waals surface area contributed by atoms with E-state index in [1.165, 1.54) is 0 Å². The van der Waals surface area contributed by atoms with Crippen LogP contribution in [0.5, 0.6) is 0 Å². The molecule has 0 aromatic carbocycles. The second-order valence-corrected chi connectivity index (χ2v) is 1.56. The minimum atomic E-state index is 0.843. The predicted octanol–water partition coefficient (Wildman–Crippen LogP) is 1.08. The van der Waals surface area contributed by atoms with Gasteiger partial charge in [-0.05, 0) is 0 Å². The Bertz CT molecular complexity index is 10.0. The molecule has 0 N–H and O–H groups in total. The molecule has 2 radical (unpaired) electrons. The van der Waals surface area contributed by atoms with Crippen LogP contribution in [0, 0.1) is 0 Å². The van der Waals surface area contributed by atoms with Crippen LogP contribution in [-0.4, -0.2) is 7.12 Å². The molecular formula is BIOS. The first-order chi connectivity index (χ1) is 1.91. The predicted molar refractivity (Wildman–Crippen MR) is 28.4 cm³/mol. The van der Waals surface area contributed by atoms with Crippen LogP contribution in [0.25, 0.3) is 0 Å². The highest BCUT2D eigenvalue weighted by atomic mass is 127. The molecule has 0 unspecified atom stereocenters. The van der Waals surface area contributed by atoms with Gasteiger partial charge in [-0.2, -0.15) is 0 Å². The molecule has 0 amide bonds. The van der Waals surface area contributed by atoms with Crippen LogP contribution in [0.15, 0.2) is 0 Å². The van der Waals surface area contributed by atoms with E-state index in [1.807, 2.05) is 0 Å². The molecule has 0 fully saturated rings. The topological polar surface area (TPSA) is 9.23 Å². The van der Waals surface area contributed by atoms with Gasteiger partial charge in [-0.25, -0.2) is 0 Å². The molecule has 0 saturated heterocycles. The van der Waals surface area contributed by atoms with Crippen molar-refractivity contribution >= 4 is 42.0 Å². The second kappa shape index (κ2) is 4.10. The van der Waals surface area contributed by atoms with Crippen LogP contribution in [-0.2, 0) is 2.51 Å². The van der Waals surface area contributed by atoms with Crippen LogP contribution < -0.4 is 0 Å². The third-order valence-electron chi connectivity index (χ3n) is 0.0364. The molecule has 1 nitrogen and oxygen atoms in total. The normalized spacial score (nSPS) is 7.25. The van der Waals surface area contributed by atoms with Gasteiger partial charge >= 0.3 is 0 Å². The van der Waals surface area contributed by atoms with Crippen molar-refractivity contribution in [3.63, 3.8) is 0 Å². The van der Waals surface area contributed by atoms with Crippen molar-refractivity contribution in [2.24, 2.45) is 0 Å². The zero-order valence-corrected chi connectivity index (χ0v) is 4.75. The molecule has 0 aliphatic rings. The Labute approximate surface area is 44.7 Å². The Morgan fingerprint density at radius 2 is 2.25 bits per heavy atom. The fourth-order valence-corrected chi connectivity index (χ4v) is 0. The lowest BCUT2D eigenvalue weighted by atomic mass is 10.8. The summed E-state index contributed by atoms with van der Waals surface area (Å²) < 4.78 is 4.21. The van der Waals surface area contributed by atoms with Gasteiger partial charge in [-0.1, -0.05) is 11.9 Å². The Hall–Kier alpha value is 1.10. The first kappa shape index (κ1) is 5.10. The van der Waals surface area contributed by atoms with Gasteiger partial charge in [0, 0.05) is 0 Å². The van der Waals surface area contributed by atoms with E-state index in [9.17, 15) is 0 Å². The number of rotatable bonds is 1. The molecule has 0 rings (SSSR count). The van der Waals surface area contributed by atoms with E-state index in [0.29, 0.717) is 0 Å². The molecule has 0 saturated carbocycles. The molecule has 4 heteroatoms. The molecule has 0 spiro atoms. The SMILES string of the molecule is [B]SOI. The van der Waals surface area contributed by atoms with Gasteiger partial charge in [0.15, 0.2) is 0 Å². The van der Waals surface area contributed by atoms with Gasteiger partial charge in [0.1, 0.15) is 23.0 Å². The monoisotopic (exact) mass is 186 g/mol. The molecule has 22 valence electrons. The van der Waals surface area contributed by atoms with Crippen molar-refractivity contribution in [3.05, 3.63) is 0 Å². The van der Waals surface area contributed by atoms with Crippen LogP contribution >= 0.6 is 34.9 Å². The lowest BCUT2D eigenvalue weighted by Gasteiger charge is -1.70. The second-order valence-electron chi connectivity index (χ2n) is 0.159. The quantitative estimate of drug-likeness (QED) is 0.344. The maximum absolute atomic E-state index is 4.71. The van der Waals surface area contributed by atoms with E-state index in [1.54, 1.807) is 23.0 Å². The lowest BCUT2D eigenvalue weighted by Crippen LogP contribution is -1.41. The number of hydrogen-bond acceptors (Lipinski definition) is 2. The van der Waals surface area contributed by atoms with E-state index in [0.717, 1.165) is 11.9 Å². The fourth-order valence-electron chi connectivity index (χ4n) is 0. The zero-order chi connectivity index (χ0) is 3.41. The first-order valence-corrected chi connectivity index (χ1v) is 2.24. The van der Waals surface area contributed by atoms with Crippen molar-refractivity contribution in [1.29, 1.82) is 0 Å². The number of halogens is 1. The van der Waals surface area contributed by atoms with Crippen LogP contribution in [0.4, 0.5) is 0 Å². The Morgan fingerprint density at radius 3 is 2.25 bits per heavy atom. The summed E-state index contributed by atoms with van der Waals surface area (Å²) in [6, 6.07) is 0. The zero-order valence-electron chi connectivity index (χ0n) is 1.77. The molecular weight excluding hydrogens is 186 g/mol. The largest absolute Gasteiger partial charge is 0.261 e.